The number of nitrogens with two attached hydrogens (primary N) is 1. The first-order valence-corrected chi connectivity index (χ1v) is 6.46. The second-order valence-electron chi connectivity index (χ2n) is 4.60. The fourth-order valence-electron chi connectivity index (χ4n) is 1.84. The van der Waals surface area contributed by atoms with Crippen molar-refractivity contribution in [1.29, 1.82) is 0 Å². The lowest BCUT2D eigenvalue weighted by Crippen LogP contribution is -2.27. The first-order chi connectivity index (χ1) is 8.54. The maximum Gasteiger partial charge on any atom is 0.267 e. The summed E-state index contributed by atoms with van der Waals surface area (Å²) in [5.41, 5.74) is 6.92. The van der Waals surface area contributed by atoms with Gasteiger partial charge in [-0.2, -0.15) is 0 Å². The number of amides is 1. The summed E-state index contributed by atoms with van der Waals surface area (Å²) in [4.78, 5) is 11.9. The monoisotopic (exact) mass is 253 g/mol. The van der Waals surface area contributed by atoms with Crippen LogP contribution in [-0.4, -0.2) is 28.2 Å². The molecule has 0 aliphatic rings. The molecule has 0 fully saturated rings. The van der Waals surface area contributed by atoms with Crippen LogP contribution < -0.4 is 11.1 Å². The number of nitrogens with zero attached hydrogens (tertiary/aromatic N) is 1. The molecule has 5 nitrogen and oxygen atoms in total. The van der Waals surface area contributed by atoms with Gasteiger partial charge in [0.1, 0.15) is 5.69 Å². The van der Waals surface area contributed by atoms with Gasteiger partial charge in [0, 0.05) is 19.3 Å². The van der Waals surface area contributed by atoms with E-state index in [0.29, 0.717) is 24.3 Å². The number of aliphatic hydroxyl groups excluding tert-OH is 1. The SMILES string of the molecule is CCCn1cc(N)cc1C(=O)NCCCC(C)O. The number of carbonyl (C=O) groups excluding carboxylic acids is 1. The first kappa shape index (κ1) is 14.6. The second kappa shape index (κ2) is 7.06. The predicted octanol–water partition coefficient (Wildman–Crippen LogP) is 1.37. The van der Waals surface area contributed by atoms with Crippen molar-refractivity contribution < 1.29 is 9.90 Å². The van der Waals surface area contributed by atoms with Crippen molar-refractivity contribution in [2.75, 3.05) is 12.3 Å². The molecular formula is C13H23N3O2. The minimum absolute atomic E-state index is 0.106. The van der Waals surface area contributed by atoms with Crippen LogP contribution in [0.15, 0.2) is 12.3 Å². The van der Waals surface area contributed by atoms with Crippen LogP contribution in [0.4, 0.5) is 5.69 Å². The predicted molar refractivity (Wildman–Crippen MR) is 72.4 cm³/mol. The van der Waals surface area contributed by atoms with Gasteiger partial charge in [-0.05, 0) is 32.3 Å². The number of carbonyl (C=O) groups is 1. The van der Waals surface area contributed by atoms with E-state index >= 15 is 0 Å². The zero-order chi connectivity index (χ0) is 13.5. The van der Waals surface area contributed by atoms with Crippen molar-refractivity contribution in [1.82, 2.24) is 9.88 Å². The summed E-state index contributed by atoms with van der Waals surface area (Å²) in [6, 6.07) is 1.69. The Morgan fingerprint density at radius 3 is 2.94 bits per heavy atom. The van der Waals surface area contributed by atoms with Gasteiger partial charge in [-0.15, -0.1) is 0 Å². The van der Waals surface area contributed by atoms with Crippen molar-refractivity contribution in [3.63, 3.8) is 0 Å². The largest absolute Gasteiger partial charge is 0.397 e. The van der Waals surface area contributed by atoms with E-state index in [1.165, 1.54) is 0 Å². The Morgan fingerprint density at radius 2 is 2.33 bits per heavy atom. The molecule has 5 heteroatoms. The third-order valence-corrected chi connectivity index (χ3v) is 2.70. The van der Waals surface area contributed by atoms with E-state index < -0.39 is 0 Å². The van der Waals surface area contributed by atoms with Crippen LogP contribution >= 0.6 is 0 Å². The van der Waals surface area contributed by atoms with Crippen LogP contribution in [0.25, 0.3) is 0 Å². The standard InChI is InChI=1S/C13H23N3O2/c1-3-7-16-9-11(14)8-12(16)13(18)15-6-4-5-10(2)17/h8-10,17H,3-7,14H2,1-2H3,(H,15,18). The Morgan fingerprint density at radius 1 is 1.61 bits per heavy atom. The molecule has 1 aromatic heterocycles. The number of nitrogen functional groups attached to an aromatic ring is 1. The highest BCUT2D eigenvalue weighted by molar-refractivity contribution is 5.93. The molecule has 1 heterocycles. The van der Waals surface area contributed by atoms with Gasteiger partial charge in [0.25, 0.3) is 5.91 Å². The van der Waals surface area contributed by atoms with Crippen LogP contribution in [0.5, 0.6) is 0 Å². The van der Waals surface area contributed by atoms with Gasteiger partial charge in [-0.1, -0.05) is 6.92 Å². The van der Waals surface area contributed by atoms with E-state index in [1.807, 2.05) is 4.57 Å². The minimum atomic E-state index is -0.318. The van der Waals surface area contributed by atoms with E-state index in [4.69, 9.17) is 10.8 Å². The zero-order valence-electron chi connectivity index (χ0n) is 11.1. The Hall–Kier alpha value is -1.49. The summed E-state index contributed by atoms with van der Waals surface area (Å²) in [5.74, 6) is -0.106. The molecule has 0 aliphatic heterocycles. The van der Waals surface area contributed by atoms with Gasteiger partial charge in [0.15, 0.2) is 0 Å². The van der Waals surface area contributed by atoms with Gasteiger partial charge >= 0.3 is 0 Å². The lowest BCUT2D eigenvalue weighted by Gasteiger charge is -2.09. The highest BCUT2D eigenvalue weighted by Gasteiger charge is 2.11. The Bertz CT molecular complexity index is 386. The highest BCUT2D eigenvalue weighted by Crippen LogP contribution is 2.11. The summed E-state index contributed by atoms with van der Waals surface area (Å²) in [5, 5.41) is 12.0. The summed E-state index contributed by atoms with van der Waals surface area (Å²) in [7, 11) is 0. The van der Waals surface area contributed by atoms with Gasteiger partial charge in [-0.3, -0.25) is 4.79 Å². The summed E-state index contributed by atoms with van der Waals surface area (Å²) in [6.45, 7) is 5.16. The molecule has 1 aromatic rings. The average molecular weight is 253 g/mol. The minimum Gasteiger partial charge on any atom is -0.397 e. The lowest BCUT2D eigenvalue weighted by atomic mass is 10.2. The number of rotatable bonds is 7. The van der Waals surface area contributed by atoms with Crippen molar-refractivity contribution in [3.8, 4) is 0 Å². The molecule has 4 N–H and O–H groups in total. The van der Waals surface area contributed by atoms with Gasteiger partial charge in [-0.25, -0.2) is 0 Å². The fourth-order valence-corrected chi connectivity index (χ4v) is 1.84. The molecule has 1 unspecified atom stereocenters. The van der Waals surface area contributed by atoms with E-state index in [0.717, 1.165) is 19.4 Å². The van der Waals surface area contributed by atoms with Gasteiger partial charge in [0.2, 0.25) is 0 Å². The van der Waals surface area contributed by atoms with Crippen LogP contribution in [0.3, 0.4) is 0 Å². The van der Waals surface area contributed by atoms with Crippen LogP contribution in [-0.2, 0) is 6.54 Å². The first-order valence-electron chi connectivity index (χ1n) is 6.46. The highest BCUT2D eigenvalue weighted by atomic mass is 16.3. The van der Waals surface area contributed by atoms with Crippen LogP contribution in [0.2, 0.25) is 0 Å². The molecule has 0 radical (unpaired) electrons. The van der Waals surface area contributed by atoms with Crippen molar-refractivity contribution in [3.05, 3.63) is 18.0 Å². The van der Waals surface area contributed by atoms with Gasteiger partial charge in [0.05, 0.1) is 11.8 Å². The normalized spacial score (nSPS) is 12.4. The van der Waals surface area contributed by atoms with E-state index in [2.05, 4.69) is 12.2 Å². The lowest BCUT2D eigenvalue weighted by molar-refractivity contribution is 0.0940. The van der Waals surface area contributed by atoms with Crippen molar-refractivity contribution in [2.24, 2.45) is 0 Å². The summed E-state index contributed by atoms with van der Waals surface area (Å²) >= 11 is 0. The summed E-state index contributed by atoms with van der Waals surface area (Å²) in [6.07, 6.45) is 3.89. The third kappa shape index (κ3) is 4.41. The molecule has 0 saturated heterocycles. The number of anilines is 1. The molecule has 0 saturated carbocycles. The number of nitrogens with one attached hydrogen (secondary N) is 1. The van der Waals surface area contributed by atoms with E-state index in [1.54, 1.807) is 19.2 Å². The zero-order valence-corrected chi connectivity index (χ0v) is 11.1. The maximum absolute atomic E-state index is 11.9. The second-order valence-corrected chi connectivity index (χ2v) is 4.60. The smallest absolute Gasteiger partial charge is 0.267 e. The number of hydrogen-bond acceptors (Lipinski definition) is 3. The number of hydrogen-bond donors (Lipinski definition) is 3. The molecule has 0 aromatic carbocycles. The van der Waals surface area contributed by atoms with Gasteiger partial charge < -0.3 is 20.7 Å². The van der Waals surface area contributed by atoms with E-state index in [-0.39, 0.29) is 12.0 Å². The summed E-state index contributed by atoms with van der Waals surface area (Å²) < 4.78 is 1.87. The number of aromatic nitrogens is 1. The number of aryl methyl sites for hydroxylation is 1. The molecule has 18 heavy (non-hydrogen) atoms. The number of aliphatic hydroxyl groups is 1. The molecule has 0 spiro atoms. The average Bonchev–Trinajstić information content (AvgIpc) is 2.66. The Balaban J connectivity index is 2.50. The quantitative estimate of drug-likeness (QED) is 0.642. The van der Waals surface area contributed by atoms with Crippen LogP contribution in [0.1, 0.15) is 43.6 Å². The van der Waals surface area contributed by atoms with E-state index in [9.17, 15) is 4.79 Å². The van der Waals surface area contributed by atoms with Crippen molar-refractivity contribution in [2.45, 2.75) is 45.8 Å². The third-order valence-electron chi connectivity index (χ3n) is 2.70. The molecule has 1 amide bonds. The molecule has 1 rings (SSSR count). The van der Waals surface area contributed by atoms with Crippen LogP contribution in [0, 0.1) is 0 Å². The topological polar surface area (TPSA) is 80.3 Å². The molecule has 102 valence electrons. The Labute approximate surface area is 108 Å². The Kier molecular flexibility index (Phi) is 5.71. The fraction of sp³-hybridized carbons (Fsp3) is 0.615. The van der Waals surface area contributed by atoms with Crippen molar-refractivity contribution >= 4 is 11.6 Å². The molecule has 1 atom stereocenters. The maximum atomic E-state index is 11.9. The molecule has 0 aliphatic carbocycles. The molecule has 0 bridgehead atoms. The molecular weight excluding hydrogens is 230 g/mol.